The molecule has 0 atom stereocenters. The maximum absolute atomic E-state index is 12.3. The highest BCUT2D eigenvalue weighted by molar-refractivity contribution is 7.13. The predicted octanol–water partition coefficient (Wildman–Crippen LogP) is 3.65. The Morgan fingerprint density at radius 1 is 1.04 bits per heavy atom. The van der Waals surface area contributed by atoms with Crippen LogP contribution in [0.15, 0.2) is 60.4 Å². The molecule has 0 aliphatic heterocycles. The number of pyridine rings is 1. The van der Waals surface area contributed by atoms with Gasteiger partial charge < -0.3 is 5.32 Å². The van der Waals surface area contributed by atoms with E-state index in [4.69, 9.17) is 0 Å². The number of benzene rings is 1. The van der Waals surface area contributed by atoms with Crippen molar-refractivity contribution < 1.29 is 4.79 Å². The molecule has 1 N–H and O–H groups in total. The van der Waals surface area contributed by atoms with Gasteiger partial charge in [-0.3, -0.25) is 4.79 Å². The number of nitrogens with zero attached hydrogens (tertiary/aromatic N) is 4. The minimum atomic E-state index is 0.0501. The molecule has 3 aromatic heterocycles. The monoisotopic (exact) mass is 347 g/mol. The van der Waals surface area contributed by atoms with Crippen LogP contribution in [-0.4, -0.2) is 25.7 Å². The number of hydrogen-bond donors (Lipinski definition) is 1. The normalized spacial score (nSPS) is 10.7. The summed E-state index contributed by atoms with van der Waals surface area (Å²) in [5.41, 5.74) is 2.05. The van der Waals surface area contributed by atoms with Gasteiger partial charge in [-0.25, -0.2) is 19.9 Å². The Labute approximate surface area is 147 Å². The van der Waals surface area contributed by atoms with Gasteiger partial charge in [0.2, 0.25) is 0 Å². The smallest absolute Gasteiger partial charge is 0.188 e. The van der Waals surface area contributed by atoms with E-state index in [1.165, 1.54) is 17.7 Å². The molecule has 0 aliphatic carbocycles. The van der Waals surface area contributed by atoms with Gasteiger partial charge in [0.1, 0.15) is 12.1 Å². The van der Waals surface area contributed by atoms with E-state index in [-0.39, 0.29) is 12.2 Å². The topological polar surface area (TPSA) is 80.7 Å². The molecule has 25 heavy (non-hydrogen) atoms. The largest absolute Gasteiger partial charge is 0.316 e. The summed E-state index contributed by atoms with van der Waals surface area (Å²) in [4.78, 5) is 29.4. The average molecular weight is 347 g/mol. The van der Waals surface area contributed by atoms with E-state index in [9.17, 15) is 4.79 Å². The molecule has 0 fully saturated rings. The molecular weight excluding hydrogens is 334 g/mol. The molecule has 122 valence electrons. The first-order valence-electron chi connectivity index (χ1n) is 7.65. The fourth-order valence-electron chi connectivity index (χ4n) is 2.43. The van der Waals surface area contributed by atoms with Crippen LogP contribution in [0, 0.1) is 0 Å². The van der Waals surface area contributed by atoms with E-state index in [0.717, 1.165) is 11.1 Å². The average Bonchev–Trinajstić information content (AvgIpc) is 3.09. The van der Waals surface area contributed by atoms with Crippen molar-refractivity contribution >= 4 is 39.1 Å². The van der Waals surface area contributed by atoms with Gasteiger partial charge >= 0.3 is 0 Å². The van der Waals surface area contributed by atoms with Crippen molar-refractivity contribution in [1.82, 2.24) is 19.9 Å². The molecule has 7 heteroatoms. The van der Waals surface area contributed by atoms with E-state index in [1.807, 2.05) is 47.8 Å². The van der Waals surface area contributed by atoms with Gasteiger partial charge in [0.05, 0.1) is 17.5 Å². The molecule has 0 bridgehead atoms. The van der Waals surface area contributed by atoms with Crippen LogP contribution in [-0.2, 0) is 6.42 Å². The summed E-state index contributed by atoms with van der Waals surface area (Å²) in [5, 5.41) is 6.57. The van der Waals surface area contributed by atoms with Crippen molar-refractivity contribution in [3.8, 4) is 0 Å². The fraction of sp³-hybridized carbons (Fsp3) is 0.0556. The van der Waals surface area contributed by atoms with E-state index < -0.39 is 0 Å². The molecule has 0 amide bonds. The highest BCUT2D eigenvalue weighted by Crippen LogP contribution is 2.24. The lowest BCUT2D eigenvalue weighted by molar-refractivity contribution is 0.0992. The van der Waals surface area contributed by atoms with Crippen LogP contribution in [0.1, 0.15) is 16.1 Å². The Balaban J connectivity index is 1.52. The Hall–Kier alpha value is -3.19. The van der Waals surface area contributed by atoms with Crippen molar-refractivity contribution in [2.24, 2.45) is 0 Å². The number of hydrogen-bond acceptors (Lipinski definition) is 7. The summed E-state index contributed by atoms with van der Waals surface area (Å²) in [6.45, 7) is 0. The molecule has 4 aromatic rings. The number of aromatic nitrogens is 4. The molecule has 0 saturated heterocycles. The minimum absolute atomic E-state index is 0.0501. The first-order valence-corrected chi connectivity index (χ1v) is 8.53. The number of ketones is 1. The first kappa shape index (κ1) is 15.3. The third kappa shape index (κ3) is 3.36. The Morgan fingerprint density at radius 3 is 2.80 bits per heavy atom. The van der Waals surface area contributed by atoms with Crippen molar-refractivity contribution in [2.45, 2.75) is 6.42 Å². The number of nitrogens with one attached hydrogen (secondary N) is 1. The summed E-state index contributed by atoms with van der Waals surface area (Å²) in [5.74, 6) is 0.697. The summed E-state index contributed by atoms with van der Waals surface area (Å²) in [7, 11) is 0. The van der Waals surface area contributed by atoms with E-state index in [1.54, 1.807) is 6.20 Å². The van der Waals surface area contributed by atoms with Crippen molar-refractivity contribution in [3.63, 3.8) is 0 Å². The molecule has 3 heterocycles. The highest BCUT2D eigenvalue weighted by Gasteiger charge is 2.11. The van der Waals surface area contributed by atoms with E-state index in [0.29, 0.717) is 22.2 Å². The SMILES string of the molecule is O=C(Cc1csc(Nc2ncnc3ncccc23)n1)c1ccccc1. The molecule has 0 saturated carbocycles. The number of carbonyl (C=O) groups excluding carboxylic acids is 1. The second kappa shape index (κ2) is 6.74. The summed E-state index contributed by atoms with van der Waals surface area (Å²) in [6, 6.07) is 13.0. The fourth-order valence-corrected chi connectivity index (χ4v) is 3.14. The molecule has 0 spiro atoms. The van der Waals surface area contributed by atoms with Crippen molar-refractivity contribution in [2.75, 3.05) is 5.32 Å². The second-order valence-corrected chi connectivity index (χ2v) is 6.19. The maximum Gasteiger partial charge on any atom is 0.188 e. The third-order valence-corrected chi connectivity index (χ3v) is 4.43. The van der Waals surface area contributed by atoms with Crippen LogP contribution in [0.25, 0.3) is 11.0 Å². The van der Waals surface area contributed by atoms with Gasteiger partial charge in [-0.05, 0) is 12.1 Å². The lowest BCUT2D eigenvalue weighted by Gasteiger charge is -2.04. The molecular formula is C18H13N5OS. The molecule has 1 aromatic carbocycles. The third-order valence-electron chi connectivity index (χ3n) is 3.62. The Bertz CT molecular complexity index is 1030. The van der Waals surface area contributed by atoms with E-state index in [2.05, 4.69) is 25.3 Å². The number of rotatable bonds is 5. The number of anilines is 2. The van der Waals surface area contributed by atoms with Crippen molar-refractivity contribution in [3.05, 3.63) is 71.6 Å². The molecule has 0 aliphatic rings. The number of thiazole rings is 1. The van der Waals surface area contributed by atoms with Crippen molar-refractivity contribution in [1.29, 1.82) is 0 Å². The van der Waals surface area contributed by atoms with Crippen LogP contribution >= 0.6 is 11.3 Å². The molecule has 6 nitrogen and oxygen atoms in total. The second-order valence-electron chi connectivity index (χ2n) is 5.33. The zero-order valence-corrected chi connectivity index (χ0v) is 13.9. The Kier molecular flexibility index (Phi) is 4.14. The van der Waals surface area contributed by atoms with Gasteiger partial charge in [-0.1, -0.05) is 30.3 Å². The standard InChI is InChI=1S/C18H13N5OS/c24-15(12-5-2-1-3-6-12)9-13-10-25-18(22-13)23-17-14-7-4-8-19-16(14)20-11-21-17/h1-8,10-11H,9H2,(H,19,20,21,22,23). The molecule has 0 radical (unpaired) electrons. The summed E-state index contributed by atoms with van der Waals surface area (Å²) in [6.07, 6.45) is 3.43. The molecule has 4 rings (SSSR count). The molecule has 0 unspecified atom stereocenters. The van der Waals surface area contributed by atoms with Crippen LogP contribution in [0.2, 0.25) is 0 Å². The summed E-state index contributed by atoms with van der Waals surface area (Å²) >= 11 is 1.43. The number of Topliss-reactive ketones (excluding diaryl/α,β-unsaturated/α-hetero) is 1. The van der Waals surface area contributed by atoms with Crippen LogP contribution in [0.5, 0.6) is 0 Å². The van der Waals surface area contributed by atoms with Gasteiger partial charge in [0.25, 0.3) is 0 Å². The lowest BCUT2D eigenvalue weighted by atomic mass is 10.1. The first-order chi connectivity index (χ1) is 12.3. The van der Waals surface area contributed by atoms with Crippen LogP contribution < -0.4 is 5.32 Å². The number of fused-ring (bicyclic) bond motifs is 1. The minimum Gasteiger partial charge on any atom is -0.316 e. The maximum atomic E-state index is 12.3. The lowest BCUT2D eigenvalue weighted by Crippen LogP contribution is -2.03. The van der Waals surface area contributed by atoms with Gasteiger partial charge in [-0.15, -0.1) is 11.3 Å². The van der Waals surface area contributed by atoms with Crippen LogP contribution in [0.3, 0.4) is 0 Å². The predicted molar refractivity (Wildman–Crippen MR) is 97.2 cm³/mol. The quantitative estimate of drug-likeness (QED) is 0.555. The number of carbonyl (C=O) groups is 1. The van der Waals surface area contributed by atoms with Crippen LogP contribution in [0.4, 0.5) is 10.9 Å². The van der Waals surface area contributed by atoms with Gasteiger partial charge in [-0.2, -0.15) is 0 Å². The highest BCUT2D eigenvalue weighted by atomic mass is 32.1. The summed E-state index contributed by atoms with van der Waals surface area (Å²) < 4.78 is 0. The van der Waals surface area contributed by atoms with Gasteiger partial charge in [0, 0.05) is 17.1 Å². The van der Waals surface area contributed by atoms with E-state index >= 15 is 0 Å². The Morgan fingerprint density at radius 2 is 1.92 bits per heavy atom. The zero-order chi connectivity index (χ0) is 17.1. The zero-order valence-electron chi connectivity index (χ0n) is 13.1. The van der Waals surface area contributed by atoms with Gasteiger partial charge in [0.15, 0.2) is 16.6 Å².